The van der Waals surface area contributed by atoms with Gasteiger partial charge in [0.1, 0.15) is 10.8 Å². The van der Waals surface area contributed by atoms with Crippen molar-refractivity contribution < 1.29 is 4.39 Å². The molecule has 0 saturated carbocycles. The Morgan fingerprint density at radius 1 is 1.25 bits per heavy atom. The molecule has 0 unspecified atom stereocenters. The van der Waals surface area contributed by atoms with Gasteiger partial charge in [-0.15, -0.1) is 0 Å². The zero-order valence-electron chi connectivity index (χ0n) is 11.1. The van der Waals surface area contributed by atoms with E-state index in [1.165, 1.54) is 6.07 Å². The predicted molar refractivity (Wildman–Crippen MR) is 89.2 cm³/mol. The first kappa shape index (κ1) is 14.9. The number of nitrogens with two attached hydrogens (primary N) is 1. The van der Waals surface area contributed by atoms with Crippen LogP contribution < -0.4 is 11.1 Å². The average Bonchev–Trinajstić information content (AvgIpc) is 2.37. The highest BCUT2D eigenvalue weighted by Crippen LogP contribution is 2.30. The van der Waals surface area contributed by atoms with Crippen LogP contribution in [0.5, 0.6) is 0 Å². The average molecular weight is 353 g/mol. The molecule has 0 aromatic heterocycles. The second kappa shape index (κ2) is 5.89. The monoisotopic (exact) mass is 352 g/mol. The molecule has 0 radical (unpaired) electrons. The van der Waals surface area contributed by atoms with Gasteiger partial charge >= 0.3 is 0 Å². The van der Waals surface area contributed by atoms with Crippen molar-refractivity contribution in [3.05, 3.63) is 57.3 Å². The first-order chi connectivity index (χ1) is 9.40. The van der Waals surface area contributed by atoms with Crippen LogP contribution in [-0.4, -0.2) is 4.99 Å². The van der Waals surface area contributed by atoms with Crippen LogP contribution in [0.1, 0.15) is 16.7 Å². The molecule has 0 aliphatic carbocycles. The summed E-state index contributed by atoms with van der Waals surface area (Å²) in [5, 5.41) is 3.23. The van der Waals surface area contributed by atoms with Gasteiger partial charge in [-0.2, -0.15) is 0 Å². The van der Waals surface area contributed by atoms with Crippen molar-refractivity contribution in [1.29, 1.82) is 0 Å². The van der Waals surface area contributed by atoms with Crippen molar-refractivity contribution in [1.82, 2.24) is 0 Å². The smallest absolute Gasteiger partial charge is 0.139 e. The van der Waals surface area contributed by atoms with Crippen molar-refractivity contribution in [3.8, 4) is 0 Å². The molecule has 0 fully saturated rings. The molecule has 20 heavy (non-hydrogen) atoms. The van der Waals surface area contributed by atoms with E-state index >= 15 is 0 Å². The van der Waals surface area contributed by atoms with Gasteiger partial charge in [-0.1, -0.05) is 24.4 Å². The van der Waals surface area contributed by atoms with Crippen LogP contribution in [0.2, 0.25) is 0 Å². The number of halogens is 2. The summed E-state index contributed by atoms with van der Waals surface area (Å²) in [5.41, 5.74) is 9.92. The topological polar surface area (TPSA) is 38.0 Å². The minimum Gasteiger partial charge on any atom is -0.389 e. The molecule has 0 spiro atoms. The van der Waals surface area contributed by atoms with Gasteiger partial charge in [0.2, 0.25) is 0 Å². The van der Waals surface area contributed by atoms with Crippen LogP contribution >= 0.6 is 28.1 Å². The van der Waals surface area contributed by atoms with E-state index in [0.717, 1.165) is 22.4 Å². The standard InChI is InChI=1S/C15H14BrFN2S/c1-8-4-3-5-10(15(18)20)14(8)19-13-7-12(17)11(16)6-9(13)2/h3-7,19H,1-2H3,(H2,18,20). The fraction of sp³-hybridized carbons (Fsp3) is 0.133. The summed E-state index contributed by atoms with van der Waals surface area (Å²) in [6, 6.07) is 8.88. The lowest BCUT2D eigenvalue weighted by molar-refractivity contribution is 0.621. The quantitative estimate of drug-likeness (QED) is 0.793. The SMILES string of the molecule is Cc1cc(Br)c(F)cc1Nc1c(C)cccc1C(N)=S. The van der Waals surface area contributed by atoms with Crippen LogP contribution in [0.3, 0.4) is 0 Å². The first-order valence-electron chi connectivity index (χ1n) is 6.02. The number of hydrogen-bond donors (Lipinski definition) is 2. The molecule has 0 heterocycles. The lowest BCUT2D eigenvalue weighted by atomic mass is 10.1. The summed E-state index contributed by atoms with van der Waals surface area (Å²) in [7, 11) is 0. The maximum Gasteiger partial charge on any atom is 0.139 e. The Hall–Kier alpha value is -1.46. The zero-order chi connectivity index (χ0) is 14.9. The van der Waals surface area contributed by atoms with Crippen LogP contribution in [-0.2, 0) is 0 Å². The molecule has 2 nitrogen and oxygen atoms in total. The van der Waals surface area contributed by atoms with Crippen molar-refractivity contribution in [2.45, 2.75) is 13.8 Å². The number of para-hydroxylation sites is 1. The molecular formula is C15H14BrFN2S. The minimum absolute atomic E-state index is 0.312. The first-order valence-corrected chi connectivity index (χ1v) is 7.22. The van der Waals surface area contributed by atoms with Crippen molar-refractivity contribution in [2.75, 3.05) is 5.32 Å². The lowest BCUT2D eigenvalue weighted by Gasteiger charge is -2.16. The maximum absolute atomic E-state index is 13.7. The third-order valence-electron chi connectivity index (χ3n) is 3.07. The summed E-state index contributed by atoms with van der Waals surface area (Å²) >= 11 is 8.24. The molecule has 0 bridgehead atoms. The Morgan fingerprint density at radius 2 is 1.95 bits per heavy atom. The number of benzene rings is 2. The minimum atomic E-state index is -0.316. The molecule has 2 rings (SSSR count). The summed E-state index contributed by atoms with van der Waals surface area (Å²) < 4.78 is 14.1. The molecule has 104 valence electrons. The Labute approximate surface area is 131 Å². The predicted octanol–water partition coefficient (Wildman–Crippen LogP) is 4.58. The van der Waals surface area contributed by atoms with Crippen LogP contribution in [0.4, 0.5) is 15.8 Å². The maximum atomic E-state index is 13.7. The van der Waals surface area contributed by atoms with E-state index in [1.807, 2.05) is 32.0 Å². The lowest BCUT2D eigenvalue weighted by Crippen LogP contribution is -2.13. The number of thiocarbonyl (C=S) groups is 1. The molecule has 3 N–H and O–H groups in total. The van der Waals surface area contributed by atoms with Gasteiger partial charge in [0.05, 0.1) is 10.2 Å². The van der Waals surface area contributed by atoms with Crippen LogP contribution in [0.25, 0.3) is 0 Å². The molecule has 2 aromatic carbocycles. The van der Waals surface area contributed by atoms with Gasteiger partial charge in [0.15, 0.2) is 0 Å². The number of anilines is 2. The summed E-state index contributed by atoms with van der Waals surface area (Å²) in [5.74, 6) is -0.316. The fourth-order valence-corrected chi connectivity index (χ4v) is 2.58. The van der Waals surface area contributed by atoms with Gasteiger partial charge in [0, 0.05) is 11.3 Å². The number of nitrogens with one attached hydrogen (secondary N) is 1. The normalized spacial score (nSPS) is 10.4. The Balaban J connectivity index is 2.50. The Bertz CT molecular complexity index is 686. The highest BCUT2D eigenvalue weighted by Gasteiger charge is 2.11. The summed E-state index contributed by atoms with van der Waals surface area (Å²) in [4.78, 5) is 0.312. The molecule has 0 amide bonds. The molecular weight excluding hydrogens is 339 g/mol. The fourth-order valence-electron chi connectivity index (χ4n) is 1.95. The van der Waals surface area contributed by atoms with Gasteiger partial charge < -0.3 is 11.1 Å². The molecule has 0 atom stereocenters. The van der Waals surface area contributed by atoms with E-state index in [1.54, 1.807) is 6.07 Å². The molecule has 5 heteroatoms. The Morgan fingerprint density at radius 3 is 2.60 bits per heavy atom. The number of rotatable bonds is 3. The molecule has 0 aliphatic rings. The zero-order valence-corrected chi connectivity index (χ0v) is 13.5. The van der Waals surface area contributed by atoms with Crippen molar-refractivity contribution in [3.63, 3.8) is 0 Å². The molecule has 0 saturated heterocycles. The largest absolute Gasteiger partial charge is 0.389 e. The number of hydrogen-bond acceptors (Lipinski definition) is 2. The van der Waals surface area contributed by atoms with E-state index in [4.69, 9.17) is 18.0 Å². The third kappa shape index (κ3) is 2.99. The second-order valence-corrected chi connectivity index (χ2v) is 5.86. The van der Waals surface area contributed by atoms with Gasteiger partial charge in [0.25, 0.3) is 0 Å². The highest BCUT2D eigenvalue weighted by molar-refractivity contribution is 9.10. The van der Waals surface area contributed by atoms with E-state index in [0.29, 0.717) is 15.1 Å². The van der Waals surface area contributed by atoms with E-state index in [9.17, 15) is 4.39 Å². The van der Waals surface area contributed by atoms with Gasteiger partial charge in [-0.05, 0) is 59.1 Å². The van der Waals surface area contributed by atoms with E-state index < -0.39 is 0 Å². The third-order valence-corrected chi connectivity index (χ3v) is 3.89. The second-order valence-electron chi connectivity index (χ2n) is 4.57. The van der Waals surface area contributed by atoms with E-state index in [-0.39, 0.29) is 5.82 Å². The molecule has 0 aliphatic heterocycles. The van der Waals surface area contributed by atoms with Crippen molar-refractivity contribution in [2.24, 2.45) is 5.73 Å². The Kier molecular flexibility index (Phi) is 4.40. The van der Waals surface area contributed by atoms with E-state index in [2.05, 4.69) is 21.2 Å². The molecule has 2 aromatic rings. The van der Waals surface area contributed by atoms with Crippen LogP contribution in [0.15, 0.2) is 34.8 Å². The summed E-state index contributed by atoms with van der Waals surface area (Å²) in [6.45, 7) is 3.86. The van der Waals surface area contributed by atoms with Crippen LogP contribution in [0, 0.1) is 19.7 Å². The summed E-state index contributed by atoms with van der Waals surface area (Å²) in [6.07, 6.45) is 0. The van der Waals surface area contributed by atoms with Crippen molar-refractivity contribution >= 4 is 44.5 Å². The van der Waals surface area contributed by atoms with Gasteiger partial charge in [-0.3, -0.25) is 0 Å². The number of aryl methyl sites for hydroxylation is 2. The highest BCUT2D eigenvalue weighted by atomic mass is 79.9. The van der Waals surface area contributed by atoms with Gasteiger partial charge in [-0.25, -0.2) is 4.39 Å².